The Morgan fingerprint density at radius 2 is 1.75 bits per heavy atom. The Morgan fingerprint density at radius 1 is 1.00 bits per heavy atom. The van der Waals surface area contributed by atoms with Crippen molar-refractivity contribution in [3.8, 4) is 11.4 Å². The summed E-state index contributed by atoms with van der Waals surface area (Å²) in [5.74, 6) is -0.223. The van der Waals surface area contributed by atoms with Gasteiger partial charge < -0.3 is 15.4 Å². The molecule has 1 heterocycles. The fourth-order valence-corrected chi connectivity index (χ4v) is 4.63. The number of anilines is 1. The van der Waals surface area contributed by atoms with E-state index in [0.717, 1.165) is 29.5 Å². The molecule has 208 valence electrons. The van der Waals surface area contributed by atoms with Crippen LogP contribution in [0.15, 0.2) is 78.0 Å². The van der Waals surface area contributed by atoms with E-state index in [1.165, 1.54) is 12.1 Å². The third-order valence-corrected chi connectivity index (χ3v) is 6.55. The summed E-state index contributed by atoms with van der Waals surface area (Å²) >= 11 is 1.13. The first-order chi connectivity index (χ1) is 19.2. The van der Waals surface area contributed by atoms with Gasteiger partial charge in [0.15, 0.2) is 11.0 Å². The van der Waals surface area contributed by atoms with Crippen LogP contribution in [0.25, 0.3) is 5.69 Å². The van der Waals surface area contributed by atoms with Gasteiger partial charge in [0.2, 0.25) is 5.91 Å². The summed E-state index contributed by atoms with van der Waals surface area (Å²) in [6.07, 6.45) is -4.68. The van der Waals surface area contributed by atoms with Crippen LogP contribution in [0.1, 0.15) is 34.2 Å². The number of alkyl halides is 3. The normalized spacial score (nSPS) is 11.2. The van der Waals surface area contributed by atoms with E-state index in [9.17, 15) is 22.8 Å². The third kappa shape index (κ3) is 7.20. The first-order valence-corrected chi connectivity index (χ1v) is 13.3. The molecular formula is C28H26F3N5O3S. The van der Waals surface area contributed by atoms with Crippen LogP contribution in [0.2, 0.25) is 0 Å². The number of carbonyl (C=O) groups excluding carboxylic acids is 2. The molecule has 40 heavy (non-hydrogen) atoms. The Labute approximate surface area is 233 Å². The van der Waals surface area contributed by atoms with Crippen molar-refractivity contribution in [2.45, 2.75) is 31.7 Å². The number of amides is 2. The highest BCUT2D eigenvalue weighted by molar-refractivity contribution is 7.99. The van der Waals surface area contributed by atoms with Gasteiger partial charge in [-0.2, -0.15) is 13.2 Å². The highest BCUT2D eigenvalue weighted by Crippen LogP contribution is 2.32. The van der Waals surface area contributed by atoms with Crippen LogP contribution >= 0.6 is 11.8 Å². The minimum absolute atomic E-state index is 0.0222. The Hall–Kier alpha value is -4.32. The molecule has 0 aliphatic rings. The lowest BCUT2D eigenvalue weighted by Gasteiger charge is -2.14. The van der Waals surface area contributed by atoms with Gasteiger partial charge >= 0.3 is 6.18 Å². The smallest absolute Gasteiger partial charge is 0.417 e. The van der Waals surface area contributed by atoms with Gasteiger partial charge in [-0.1, -0.05) is 36.0 Å². The fourth-order valence-electron chi connectivity index (χ4n) is 3.86. The maximum absolute atomic E-state index is 13.4. The van der Waals surface area contributed by atoms with Gasteiger partial charge in [0.1, 0.15) is 5.75 Å². The van der Waals surface area contributed by atoms with Crippen molar-refractivity contribution in [2.75, 3.05) is 17.7 Å². The van der Waals surface area contributed by atoms with Crippen molar-refractivity contribution in [1.29, 1.82) is 0 Å². The Bertz CT molecular complexity index is 1490. The lowest BCUT2D eigenvalue weighted by molar-refractivity contribution is -0.138. The van der Waals surface area contributed by atoms with E-state index in [0.29, 0.717) is 28.9 Å². The number of benzene rings is 3. The number of nitrogens with zero attached hydrogens (tertiary/aromatic N) is 3. The Morgan fingerprint density at radius 3 is 2.45 bits per heavy atom. The zero-order valence-corrected chi connectivity index (χ0v) is 22.5. The topological polar surface area (TPSA) is 98.1 Å². The molecule has 0 unspecified atom stereocenters. The summed E-state index contributed by atoms with van der Waals surface area (Å²) in [5, 5.41) is 14.0. The second-order valence-electron chi connectivity index (χ2n) is 8.59. The molecule has 12 heteroatoms. The number of aromatic nitrogens is 3. The minimum atomic E-state index is -4.68. The highest BCUT2D eigenvalue weighted by atomic mass is 32.2. The molecule has 4 aromatic rings. The molecule has 0 saturated heterocycles. The van der Waals surface area contributed by atoms with Crippen molar-refractivity contribution >= 4 is 29.3 Å². The van der Waals surface area contributed by atoms with Crippen LogP contribution in [0, 0.1) is 6.92 Å². The second kappa shape index (κ2) is 12.7. The molecule has 0 bridgehead atoms. The summed E-state index contributed by atoms with van der Waals surface area (Å²) in [6, 6.07) is 19.0. The summed E-state index contributed by atoms with van der Waals surface area (Å²) < 4.78 is 47.3. The number of hydrogen-bond acceptors (Lipinski definition) is 6. The predicted molar refractivity (Wildman–Crippen MR) is 146 cm³/mol. The number of aryl methyl sites for hydroxylation is 1. The minimum Gasteiger partial charge on any atom is -0.494 e. The van der Waals surface area contributed by atoms with Gasteiger partial charge in [0.25, 0.3) is 5.91 Å². The summed E-state index contributed by atoms with van der Waals surface area (Å²) in [6.45, 7) is 4.06. The second-order valence-corrected chi connectivity index (χ2v) is 9.54. The van der Waals surface area contributed by atoms with Gasteiger partial charge in [0.05, 0.1) is 30.0 Å². The molecule has 4 rings (SSSR count). The van der Waals surface area contributed by atoms with Crippen LogP contribution in [-0.2, 0) is 17.5 Å². The van der Waals surface area contributed by atoms with E-state index >= 15 is 0 Å². The van der Waals surface area contributed by atoms with Crippen LogP contribution in [0.4, 0.5) is 18.9 Å². The fraction of sp³-hybridized carbons (Fsp3) is 0.214. The number of ether oxygens (including phenoxy) is 1. The SMILES string of the molecule is CCOc1ccc(-n2c(CNC(=O)c3ccccc3C(F)(F)F)nnc2SCC(=O)Nc2cccc(C)c2)cc1. The number of nitrogens with one attached hydrogen (secondary N) is 2. The molecule has 0 saturated carbocycles. The molecule has 2 amide bonds. The molecule has 3 aromatic carbocycles. The first-order valence-electron chi connectivity index (χ1n) is 12.3. The number of rotatable bonds is 10. The van der Waals surface area contributed by atoms with Crippen molar-refractivity contribution in [2.24, 2.45) is 0 Å². The van der Waals surface area contributed by atoms with Crippen molar-refractivity contribution in [3.63, 3.8) is 0 Å². The average molecular weight is 570 g/mol. The first kappa shape index (κ1) is 28.7. The molecule has 8 nitrogen and oxygen atoms in total. The van der Waals surface area contributed by atoms with Crippen LogP contribution in [0.3, 0.4) is 0 Å². The van der Waals surface area contributed by atoms with Crippen LogP contribution in [0.5, 0.6) is 5.75 Å². The maximum Gasteiger partial charge on any atom is 0.417 e. The highest BCUT2D eigenvalue weighted by Gasteiger charge is 2.34. The van der Waals surface area contributed by atoms with Gasteiger partial charge in [-0.15, -0.1) is 10.2 Å². The molecule has 0 aliphatic heterocycles. The molecule has 0 aliphatic carbocycles. The largest absolute Gasteiger partial charge is 0.494 e. The predicted octanol–water partition coefficient (Wildman–Crippen LogP) is 5.65. The molecule has 2 N–H and O–H groups in total. The van der Waals surface area contributed by atoms with Crippen molar-refractivity contribution in [1.82, 2.24) is 20.1 Å². The maximum atomic E-state index is 13.4. The van der Waals surface area contributed by atoms with Gasteiger partial charge in [-0.3, -0.25) is 14.2 Å². The lowest BCUT2D eigenvalue weighted by Crippen LogP contribution is -2.27. The Balaban J connectivity index is 1.55. The summed E-state index contributed by atoms with van der Waals surface area (Å²) in [4.78, 5) is 25.3. The quantitative estimate of drug-likeness (QED) is 0.240. The van der Waals surface area contributed by atoms with Crippen molar-refractivity contribution in [3.05, 3.63) is 95.3 Å². The van der Waals surface area contributed by atoms with E-state index in [1.807, 2.05) is 32.0 Å². The van der Waals surface area contributed by atoms with E-state index in [1.54, 1.807) is 34.9 Å². The van der Waals surface area contributed by atoms with Gasteiger partial charge in [-0.05, 0) is 67.9 Å². The monoisotopic (exact) mass is 569 g/mol. The molecule has 0 fully saturated rings. The van der Waals surface area contributed by atoms with Gasteiger partial charge in [0, 0.05) is 11.4 Å². The molecule has 0 spiro atoms. The number of thioether (sulfide) groups is 1. The molecule has 0 radical (unpaired) electrons. The molecule has 0 atom stereocenters. The lowest BCUT2D eigenvalue weighted by atomic mass is 10.1. The number of hydrogen-bond donors (Lipinski definition) is 2. The van der Waals surface area contributed by atoms with E-state index in [4.69, 9.17) is 4.74 Å². The Kier molecular flexibility index (Phi) is 9.10. The number of carbonyl (C=O) groups is 2. The van der Waals surface area contributed by atoms with Crippen LogP contribution < -0.4 is 15.4 Å². The standard InChI is InChI=1S/C28H26F3N5O3S/c1-3-39-21-13-11-20(12-14-21)36-24(16-32-26(38)22-9-4-5-10-23(22)28(29,30)31)34-35-27(36)40-17-25(37)33-19-8-6-7-18(2)15-19/h4-15H,3,16-17H2,1-2H3,(H,32,38)(H,33,37). The van der Waals surface area contributed by atoms with E-state index in [2.05, 4.69) is 20.8 Å². The van der Waals surface area contributed by atoms with Crippen LogP contribution in [-0.4, -0.2) is 38.9 Å². The zero-order valence-electron chi connectivity index (χ0n) is 21.7. The molecular weight excluding hydrogens is 543 g/mol. The number of halogens is 3. The summed E-state index contributed by atoms with van der Waals surface area (Å²) in [5.41, 5.74) is 0.766. The third-order valence-electron chi connectivity index (χ3n) is 5.62. The van der Waals surface area contributed by atoms with Gasteiger partial charge in [-0.25, -0.2) is 0 Å². The molecule has 1 aromatic heterocycles. The summed E-state index contributed by atoms with van der Waals surface area (Å²) in [7, 11) is 0. The average Bonchev–Trinajstić information content (AvgIpc) is 3.33. The zero-order chi connectivity index (χ0) is 28.7. The van der Waals surface area contributed by atoms with E-state index in [-0.39, 0.29) is 24.0 Å². The van der Waals surface area contributed by atoms with Crippen molar-refractivity contribution < 1.29 is 27.5 Å². The van der Waals surface area contributed by atoms with E-state index < -0.39 is 23.2 Å².